The fourth-order valence-corrected chi connectivity index (χ4v) is 1.63. The molecule has 0 bridgehead atoms. The molecule has 5 heteroatoms. The highest BCUT2D eigenvalue weighted by atomic mass is 16.2. The van der Waals surface area contributed by atoms with Crippen molar-refractivity contribution in [3.05, 3.63) is 29.3 Å². The van der Waals surface area contributed by atoms with Crippen molar-refractivity contribution in [2.24, 2.45) is 0 Å². The summed E-state index contributed by atoms with van der Waals surface area (Å²) in [5, 5.41) is 1.57. The molecule has 0 saturated carbocycles. The normalized spacial score (nSPS) is 16.2. The number of hydrazine groups is 1. The van der Waals surface area contributed by atoms with E-state index in [-0.39, 0.29) is 12.5 Å². The number of benzene rings is 1. The number of likely N-dealkylation sites (N-methyl/N-ethyl adjacent to an activating group) is 1. The first-order valence-corrected chi connectivity index (χ1v) is 5.41. The molecule has 0 atom stereocenters. The predicted octanol–water partition coefficient (Wildman–Crippen LogP) is 1.21. The van der Waals surface area contributed by atoms with Crippen molar-refractivity contribution >= 4 is 17.6 Å². The maximum absolute atomic E-state index is 11.6. The number of carbonyl (C=O) groups excluding carboxylic acids is 2. The second kappa shape index (κ2) is 4.08. The topological polar surface area (TPSA) is 52.7 Å². The van der Waals surface area contributed by atoms with E-state index in [1.165, 1.54) is 12.6 Å². The Morgan fingerprint density at radius 2 is 1.88 bits per heavy atom. The highest BCUT2D eigenvalue weighted by Crippen LogP contribution is 2.18. The summed E-state index contributed by atoms with van der Waals surface area (Å²) in [6.07, 6.45) is 0. The third-order valence-electron chi connectivity index (χ3n) is 3.00. The Hall–Kier alpha value is -2.04. The van der Waals surface area contributed by atoms with E-state index < -0.39 is 6.03 Å². The number of nitrogens with zero attached hydrogens (tertiary/aromatic N) is 2. The van der Waals surface area contributed by atoms with Crippen LogP contribution in [0.15, 0.2) is 18.2 Å². The monoisotopic (exact) mass is 233 g/mol. The summed E-state index contributed by atoms with van der Waals surface area (Å²) >= 11 is 0. The molecule has 5 nitrogen and oxygen atoms in total. The van der Waals surface area contributed by atoms with Gasteiger partial charge in [-0.3, -0.25) is 14.7 Å². The van der Waals surface area contributed by atoms with Crippen molar-refractivity contribution in [3.8, 4) is 0 Å². The van der Waals surface area contributed by atoms with Crippen LogP contribution in [0.3, 0.4) is 0 Å². The van der Waals surface area contributed by atoms with Gasteiger partial charge in [-0.15, -0.1) is 0 Å². The number of amides is 3. The summed E-state index contributed by atoms with van der Waals surface area (Å²) in [4.78, 5) is 24.1. The van der Waals surface area contributed by atoms with Gasteiger partial charge in [0.05, 0.1) is 5.69 Å². The van der Waals surface area contributed by atoms with Crippen molar-refractivity contribution in [1.29, 1.82) is 0 Å². The van der Waals surface area contributed by atoms with Crippen molar-refractivity contribution in [3.63, 3.8) is 0 Å². The van der Waals surface area contributed by atoms with E-state index in [0.29, 0.717) is 0 Å². The van der Waals surface area contributed by atoms with Crippen LogP contribution in [-0.4, -0.2) is 30.4 Å². The summed E-state index contributed by atoms with van der Waals surface area (Å²) in [6, 6.07) is 5.41. The highest BCUT2D eigenvalue weighted by Gasteiger charge is 2.27. The van der Waals surface area contributed by atoms with Crippen LogP contribution < -0.4 is 10.4 Å². The predicted molar refractivity (Wildman–Crippen MR) is 64.6 cm³/mol. The number of carbonyl (C=O) groups is 2. The van der Waals surface area contributed by atoms with E-state index in [1.54, 1.807) is 5.01 Å². The molecule has 0 aromatic heterocycles. The molecule has 90 valence electrons. The lowest BCUT2D eigenvalue weighted by Gasteiger charge is -2.33. The zero-order valence-corrected chi connectivity index (χ0v) is 10.2. The third kappa shape index (κ3) is 2.08. The minimum Gasteiger partial charge on any atom is -0.275 e. The molecule has 1 aliphatic heterocycles. The van der Waals surface area contributed by atoms with Crippen LogP contribution in [0.4, 0.5) is 10.5 Å². The molecular formula is C12H15N3O2. The van der Waals surface area contributed by atoms with Gasteiger partial charge in [-0.05, 0) is 37.1 Å². The van der Waals surface area contributed by atoms with E-state index in [2.05, 4.69) is 5.43 Å². The van der Waals surface area contributed by atoms with Gasteiger partial charge in [-0.2, -0.15) is 0 Å². The lowest BCUT2D eigenvalue weighted by Crippen LogP contribution is -2.59. The van der Waals surface area contributed by atoms with Gasteiger partial charge in [0.1, 0.15) is 6.54 Å². The molecule has 1 heterocycles. The van der Waals surface area contributed by atoms with E-state index in [9.17, 15) is 9.59 Å². The van der Waals surface area contributed by atoms with Gasteiger partial charge in [-0.25, -0.2) is 10.2 Å². The Bertz CT molecular complexity index is 467. The third-order valence-corrected chi connectivity index (χ3v) is 3.00. The molecule has 1 saturated heterocycles. The first kappa shape index (κ1) is 11.4. The Morgan fingerprint density at radius 1 is 1.18 bits per heavy atom. The van der Waals surface area contributed by atoms with Gasteiger partial charge >= 0.3 is 6.03 Å². The minimum atomic E-state index is -0.403. The first-order valence-electron chi connectivity index (χ1n) is 5.41. The van der Waals surface area contributed by atoms with E-state index in [0.717, 1.165) is 16.2 Å². The second-order valence-electron chi connectivity index (χ2n) is 4.22. The molecule has 1 aromatic rings. The van der Waals surface area contributed by atoms with Gasteiger partial charge in [0.15, 0.2) is 0 Å². The van der Waals surface area contributed by atoms with Crippen LogP contribution in [0.5, 0.6) is 0 Å². The Morgan fingerprint density at radius 3 is 2.47 bits per heavy atom. The summed E-state index contributed by atoms with van der Waals surface area (Å²) in [5.41, 5.74) is 5.79. The number of imide groups is 1. The van der Waals surface area contributed by atoms with Crippen molar-refractivity contribution < 1.29 is 9.59 Å². The largest absolute Gasteiger partial charge is 0.342 e. The van der Waals surface area contributed by atoms with Crippen molar-refractivity contribution in [2.75, 3.05) is 18.6 Å². The number of aryl methyl sites for hydroxylation is 2. The number of anilines is 1. The van der Waals surface area contributed by atoms with Crippen LogP contribution in [0.25, 0.3) is 0 Å². The van der Waals surface area contributed by atoms with Gasteiger partial charge in [0.25, 0.3) is 5.91 Å². The molecule has 1 aromatic carbocycles. The molecule has 0 radical (unpaired) electrons. The van der Waals surface area contributed by atoms with E-state index in [1.807, 2.05) is 32.0 Å². The number of hydrogen-bond donors (Lipinski definition) is 1. The number of hydrogen-bond acceptors (Lipinski definition) is 3. The summed E-state index contributed by atoms with van der Waals surface area (Å²) in [7, 11) is 1.47. The van der Waals surface area contributed by atoms with Gasteiger partial charge < -0.3 is 0 Å². The lowest BCUT2D eigenvalue weighted by atomic mass is 10.1. The zero-order chi connectivity index (χ0) is 12.6. The zero-order valence-electron chi connectivity index (χ0n) is 10.2. The van der Waals surface area contributed by atoms with Gasteiger partial charge in [0.2, 0.25) is 0 Å². The average molecular weight is 233 g/mol. The Balaban J connectivity index is 2.26. The maximum Gasteiger partial charge on any atom is 0.342 e. The molecule has 3 amide bonds. The van der Waals surface area contributed by atoms with Crippen LogP contribution in [0.2, 0.25) is 0 Å². The van der Waals surface area contributed by atoms with Crippen LogP contribution >= 0.6 is 0 Å². The van der Waals surface area contributed by atoms with Crippen molar-refractivity contribution in [1.82, 2.24) is 10.3 Å². The van der Waals surface area contributed by atoms with Gasteiger partial charge in [-0.1, -0.05) is 6.07 Å². The standard InChI is InChI=1S/C12H15N3O2/c1-8-4-5-10(6-9(8)2)15-7-11(16)14(3)12(17)13-15/h4-6H,7H2,1-3H3,(H,13,17). The van der Waals surface area contributed by atoms with Gasteiger partial charge in [0, 0.05) is 7.05 Å². The molecule has 2 rings (SSSR count). The SMILES string of the molecule is Cc1ccc(N2CC(=O)N(C)C(=O)N2)cc1C. The fourth-order valence-electron chi connectivity index (χ4n) is 1.63. The number of nitrogens with one attached hydrogen (secondary N) is 1. The molecule has 1 aliphatic rings. The molecular weight excluding hydrogens is 218 g/mol. The quantitative estimate of drug-likeness (QED) is 0.793. The van der Waals surface area contributed by atoms with Crippen LogP contribution in [-0.2, 0) is 4.79 Å². The molecule has 0 aliphatic carbocycles. The van der Waals surface area contributed by atoms with Crippen molar-refractivity contribution in [2.45, 2.75) is 13.8 Å². The smallest absolute Gasteiger partial charge is 0.275 e. The summed E-state index contributed by atoms with van der Waals surface area (Å²) in [6.45, 7) is 4.18. The number of urea groups is 1. The lowest BCUT2D eigenvalue weighted by molar-refractivity contribution is -0.126. The Labute approximate surface area is 100.0 Å². The first-order chi connectivity index (χ1) is 7.99. The average Bonchev–Trinajstić information content (AvgIpc) is 2.29. The highest BCUT2D eigenvalue weighted by molar-refractivity contribution is 5.99. The van der Waals surface area contributed by atoms with E-state index in [4.69, 9.17) is 0 Å². The molecule has 0 unspecified atom stereocenters. The molecule has 17 heavy (non-hydrogen) atoms. The summed E-state index contributed by atoms with van der Waals surface area (Å²) in [5.74, 6) is -0.216. The van der Waals surface area contributed by atoms with Crippen LogP contribution in [0, 0.1) is 13.8 Å². The molecule has 0 spiro atoms. The number of rotatable bonds is 1. The molecule has 1 N–H and O–H groups in total. The Kier molecular flexibility index (Phi) is 2.75. The summed E-state index contributed by atoms with van der Waals surface area (Å²) < 4.78 is 0. The molecule has 1 fully saturated rings. The minimum absolute atomic E-state index is 0.157. The second-order valence-corrected chi connectivity index (χ2v) is 4.22. The maximum atomic E-state index is 11.6. The van der Waals surface area contributed by atoms with Crippen LogP contribution in [0.1, 0.15) is 11.1 Å². The van der Waals surface area contributed by atoms with E-state index >= 15 is 0 Å². The fraction of sp³-hybridized carbons (Fsp3) is 0.333.